The Morgan fingerprint density at radius 2 is 1.86 bits per heavy atom. The minimum Gasteiger partial charge on any atom is -0.481 e. The van der Waals surface area contributed by atoms with Gasteiger partial charge in [0.2, 0.25) is 0 Å². The summed E-state index contributed by atoms with van der Waals surface area (Å²) in [6, 6.07) is -2.09. The van der Waals surface area contributed by atoms with Crippen molar-refractivity contribution in [2.24, 2.45) is 5.73 Å². The van der Waals surface area contributed by atoms with Crippen molar-refractivity contribution in [1.82, 2.24) is 4.90 Å². The van der Waals surface area contributed by atoms with Gasteiger partial charge in [-0.05, 0) is 6.42 Å². The van der Waals surface area contributed by atoms with Gasteiger partial charge in [0.05, 0.1) is 0 Å². The molecule has 7 nitrogen and oxygen atoms in total. The van der Waals surface area contributed by atoms with Gasteiger partial charge in [-0.1, -0.05) is 0 Å². The molecule has 0 fully saturated rings. The number of nitrogens with zero attached hydrogens (tertiary/aromatic N) is 1. The number of carbonyl (C=O) groups excluding carboxylic acids is 1. The van der Waals surface area contributed by atoms with Crippen molar-refractivity contribution < 1.29 is 24.6 Å². The number of aliphatic carboxylic acids is 2. The Bertz CT molecular complexity index is 252. The number of amides is 2. The number of carboxylic acid groups (broad SMARTS) is 2. The van der Waals surface area contributed by atoms with Gasteiger partial charge in [0.1, 0.15) is 6.04 Å². The van der Waals surface area contributed by atoms with E-state index in [9.17, 15) is 14.4 Å². The summed E-state index contributed by atoms with van der Waals surface area (Å²) in [6.45, 7) is 0. The quantitative estimate of drug-likeness (QED) is 0.547. The molecule has 1 atom stereocenters. The van der Waals surface area contributed by atoms with Gasteiger partial charge in [-0.3, -0.25) is 4.79 Å². The van der Waals surface area contributed by atoms with Gasteiger partial charge in [-0.2, -0.15) is 0 Å². The van der Waals surface area contributed by atoms with Crippen molar-refractivity contribution in [1.29, 1.82) is 0 Å². The largest absolute Gasteiger partial charge is 0.481 e. The van der Waals surface area contributed by atoms with Crippen molar-refractivity contribution in [2.45, 2.75) is 18.9 Å². The second-order valence-electron chi connectivity index (χ2n) is 2.74. The first-order valence-electron chi connectivity index (χ1n) is 3.83. The summed E-state index contributed by atoms with van der Waals surface area (Å²) < 4.78 is 0. The molecule has 0 aromatic heterocycles. The van der Waals surface area contributed by atoms with E-state index in [0.717, 1.165) is 4.90 Å². The van der Waals surface area contributed by atoms with Crippen molar-refractivity contribution >= 4 is 18.0 Å². The molecule has 0 aromatic carbocycles. The third kappa shape index (κ3) is 3.74. The third-order valence-corrected chi connectivity index (χ3v) is 1.73. The molecule has 0 unspecified atom stereocenters. The van der Waals surface area contributed by atoms with E-state index in [-0.39, 0.29) is 12.8 Å². The lowest BCUT2D eigenvalue weighted by atomic mass is 10.1. The Kier molecular flexibility index (Phi) is 4.41. The van der Waals surface area contributed by atoms with Crippen molar-refractivity contribution in [3.05, 3.63) is 0 Å². The standard InChI is InChI=1S/C7H12N2O5/c1-9(7(8)14)4(6(12)13)2-3-5(10)11/h4H,2-3H2,1H3,(H2,8,14)(H,10,11)(H,12,13)/t4-/m0/s1. The average Bonchev–Trinajstić information content (AvgIpc) is 2.02. The van der Waals surface area contributed by atoms with Crippen LogP contribution in [0.4, 0.5) is 4.79 Å². The molecular weight excluding hydrogens is 192 g/mol. The molecule has 0 spiro atoms. The van der Waals surface area contributed by atoms with Crippen LogP contribution in [0.2, 0.25) is 0 Å². The van der Waals surface area contributed by atoms with Gasteiger partial charge in [0.25, 0.3) is 0 Å². The molecule has 0 bridgehead atoms. The average molecular weight is 204 g/mol. The molecule has 80 valence electrons. The zero-order valence-corrected chi connectivity index (χ0v) is 7.64. The van der Waals surface area contributed by atoms with E-state index in [1.54, 1.807) is 0 Å². The predicted molar refractivity (Wildman–Crippen MR) is 45.6 cm³/mol. The number of carbonyl (C=O) groups is 3. The first kappa shape index (κ1) is 12.2. The Balaban J connectivity index is 4.37. The molecule has 4 N–H and O–H groups in total. The summed E-state index contributed by atoms with van der Waals surface area (Å²) in [5, 5.41) is 17.0. The molecule has 2 amide bonds. The van der Waals surface area contributed by atoms with Crippen LogP contribution in [-0.4, -0.2) is 46.2 Å². The third-order valence-electron chi connectivity index (χ3n) is 1.73. The van der Waals surface area contributed by atoms with Crippen molar-refractivity contribution in [2.75, 3.05) is 7.05 Å². The monoisotopic (exact) mass is 204 g/mol. The summed E-state index contributed by atoms with van der Waals surface area (Å²) >= 11 is 0. The van der Waals surface area contributed by atoms with Gasteiger partial charge in [-0.25, -0.2) is 9.59 Å². The van der Waals surface area contributed by atoms with Crippen LogP contribution >= 0.6 is 0 Å². The maximum atomic E-state index is 10.6. The van der Waals surface area contributed by atoms with Crippen molar-refractivity contribution in [3.63, 3.8) is 0 Å². The van der Waals surface area contributed by atoms with E-state index in [1.807, 2.05) is 0 Å². The van der Waals surface area contributed by atoms with Crippen LogP contribution in [0, 0.1) is 0 Å². The van der Waals surface area contributed by atoms with E-state index in [4.69, 9.17) is 15.9 Å². The number of nitrogens with two attached hydrogens (primary N) is 1. The number of hydrogen-bond acceptors (Lipinski definition) is 3. The lowest BCUT2D eigenvalue weighted by Crippen LogP contribution is -2.45. The second kappa shape index (κ2) is 5.05. The summed E-state index contributed by atoms with van der Waals surface area (Å²) in [6.07, 6.45) is -0.487. The van der Waals surface area contributed by atoms with E-state index >= 15 is 0 Å². The van der Waals surface area contributed by atoms with Crippen LogP contribution in [0.3, 0.4) is 0 Å². The highest BCUT2D eigenvalue weighted by molar-refractivity contribution is 5.82. The van der Waals surface area contributed by atoms with Crippen LogP contribution in [0.25, 0.3) is 0 Å². The molecule has 0 heterocycles. The highest BCUT2D eigenvalue weighted by atomic mass is 16.4. The summed E-state index contributed by atoms with van der Waals surface area (Å²) in [5.41, 5.74) is 4.86. The van der Waals surface area contributed by atoms with Crippen LogP contribution in [0.15, 0.2) is 0 Å². The first-order chi connectivity index (χ1) is 6.36. The molecule has 14 heavy (non-hydrogen) atoms. The Morgan fingerprint density at radius 3 is 2.14 bits per heavy atom. The Morgan fingerprint density at radius 1 is 1.36 bits per heavy atom. The van der Waals surface area contributed by atoms with Gasteiger partial charge < -0.3 is 20.8 Å². The maximum absolute atomic E-state index is 10.6. The molecule has 0 aliphatic heterocycles. The summed E-state index contributed by atoms with van der Waals surface area (Å²) in [4.78, 5) is 32.2. The highest BCUT2D eigenvalue weighted by Crippen LogP contribution is 2.05. The fraction of sp³-hybridized carbons (Fsp3) is 0.571. The normalized spacial score (nSPS) is 11.8. The van der Waals surface area contributed by atoms with Gasteiger partial charge >= 0.3 is 18.0 Å². The highest BCUT2D eigenvalue weighted by Gasteiger charge is 2.25. The maximum Gasteiger partial charge on any atom is 0.326 e. The smallest absolute Gasteiger partial charge is 0.326 e. The minimum absolute atomic E-state index is 0.163. The molecule has 0 saturated heterocycles. The number of rotatable bonds is 5. The summed E-state index contributed by atoms with van der Waals surface area (Å²) in [5.74, 6) is -2.39. The molecule has 0 saturated carbocycles. The van der Waals surface area contributed by atoms with E-state index in [0.29, 0.717) is 0 Å². The second-order valence-corrected chi connectivity index (χ2v) is 2.74. The van der Waals surface area contributed by atoms with E-state index < -0.39 is 24.0 Å². The van der Waals surface area contributed by atoms with Crippen LogP contribution in [-0.2, 0) is 9.59 Å². The SMILES string of the molecule is CN(C(N)=O)[C@@H](CCC(=O)O)C(=O)O. The van der Waals surface area contributed by atoms with Crippen LogP contribution < -0.4 is 5.73 Å². The van der Waals surface area contributed by atoms with Crippen LogP contribution in [0.5, 0.6) is 0 Å². The molecule has 0 aromatic rings. The number of likely N-dealkylation sites (N-methyl/N-ethyl adjacent to an activating group) is 1. The number of hydrogen-bond donors (Lipinski definition) is 3. The van der Waals surface area contributed by atoms with Gasteiger partial charge in [0, 0.05) is 13.5 Å². The molecule has 0 aliphatic carbocycles. The zero-order valence-electron chi connectivity index (χ0n) is 7.64. The fourth-order valence-electron chi connectivity index (χ4n) is 0.897. The molecular formula is C7H12N2O5. The molecule has 0 radical (unpaired) electrons. The lowest BCUT2D eigenvalue weighted by molar-refractivity contribution is -0.142. The predicted octanol–water partition coefficient (Wildman–Crippen LogP) is -0.685. The minimum atomic E-state index is -1.27. The molecule has 0 rings (SSSR count). The number of urea groups is 1. The molecule has 0 aliphatic rings. The topological polar surface area (TPSA) is 121 Å². The number of carboxylic acids is 2. The first-order valence-corrected chi connectivity index (χ1v) is 3.83. The Labute approximate surface area is 80.1 Å². The Hall–Kier alpha value is -1.79. The van der Waals surface area contributed by atoms with Crippen molar-refractivity contribution in [3.8, 4) is 0 Å². The summed E-state index contributed by atoms with van der Waals surface area (Å²) in [7, 11) is 1.21. The van der Waals surface area contributed by atoms with E-state index in [1.165, 1.54) is 7.05 Å². The van der Waals surface area contributed by atoms with Gasteiger partial charge in [0.15, 0.2) is 0 Å². The fourth-order valence-corrected chi connectivity index (χ4v) is 0.897. The van der Waals surface area contributed by atoms with Gasteiger partial charge in [-0.15, -0.1) is 0 Å². The molecule has 7 heteroatoms. The van der Waals surface area contributed by atoms with E-state index in [2.05, 4.69) is 0 Å². The number of primary amides is 1. The zero-order chi connectivity index (χ0) is 11.3. The van der Waals surface area contributed by atoms with Crippen LogP contribution in [0.1, 0.15) is 12.8 Å². The lowest BCUT2D eigenvalue weighted by Gasteiger charge is -2.21.